The Balaban J connectivity index is 3.02. The Morgan fingerprint density at radius 1 is 1.29 bits per heavy atom. The number of rotatable bonds is 8. The van der Waals surface area contributed by atoms with Gasteiger partial charge < -0.3 is 5.73 Å². The Morgan fingerprint density at radius 2 is 2.00 bits per heavy atom. The fraction of sp³-hybridized carbons (Fsp3) is 0.533. The lowest BCUT2D eigenvalue weighted by Crippen LogP contribution is -2.35. The van der Waals surface area contributed by atoms with Crippen LogP contribution in [0.3, 0.4) is 0 Å². The third-order valence-corrected chi connectivity index (χ3v) is 4.86. The van der Waals surface area contributed by atoms with Crippen LogP contribution in [0.15, 0.2) is 23.1 Å². The quantitative estimate of drug-likeness (QED) is 0.722. The van der Waals surface area contributed by atoms with Crippen LogP contribution in [0, 0.1) is 11.3 Å². The van der Waals surface area contributed by atoms with Crippen molar-refractivity contribution < 1.29 is 8.42 Å². The summed E-state index contributed by atoms with van der Waals surface area (Å²) in [6, 6.07) is 6.07. The molecule has 0 heterocycles. The second kappa shape index (κ2) is 8.01. The largest absolute Gasteiger partial charge is 0.399 e. The maximum Gasteiger partial charge on any atom is 0.242 e. The third-order valence-electron chi connectivity index (χ3n) is 3.28. The van der Waals surface area contributed by atoms with E-state index in [9.17, 15) is 8.42 Å². The molecule has 0 radical (unpaired) electrons. The number of nitriles is 1. The summed E-state index contributed by atoms with van der Waals surface area (Å²) in [5.41, 5.74) is 6.05. The first kappa shape index (κ1) is 17.5. The van der Waals surface area contributed by atoms with Gasteiger partial charge in [-0.1, -0.05) is 33.1 Å². The van der Waals surface area contributed by atoms with Crippen molar-refractivity contribution in [1.29, 1.82) is 5.26 Å². The Kier molecular flexibility index (Phi) is 6.66. The molecule has 5 nitrogen and oxygen atoms in total. The maximum absolute atomic E-state index is 12.5. The van der Waals surface area contributed by atoms with Crippen LogP contribution in [0.1, 0.15) is 51.5 Å². The number of sulfonamides is 1. The minimum Gasteiger partial charge on any atom is -0.399 e. The first-order valence-corrected chi connectivity index (χ1v) is 8.74. The molecule has 0 saturated carbocycles. The Bertz CT molecular complexity index is 606. The van der Waals surface area contributed by atoms with E-state index in [1.165, 1.54) is 18.2 Å². The number of hydrogen-bond acceptors (Lipinski definition) is 4. The maximum atomic E-state index is 12.5. The van der Waals surface area contributed by atoms with E-state index in [1.54, 1.807) is 0 Å². The van der Waals surface area contributed by atoms with Crippen LogP contribution in [0.25, 0.3) is 0 Å². The number of unbranched alkanes of at least 4 members (excludes halogenated alkanes) is 1. The summed E-state index contributed by atoms with van der Waals surface area (Å²) in [6.07, 6.45) is 4.49. The summed E-state index contributed by atoms with van der Waals surface area (Å²) in [5.74, 6) is 0. The first-order valence-electron chi connectivity index (χ1n) is 7.26. The molecule has 1 aromatic carbocycles. The van der Waals surface area contributed by atoms with Crippen LogP contribution < -0.4 is 10.5 Å². The lowest BCUT2D eigenvalue weighted by molar-refractivity contribution is 0.483. The Morgan fingerprint density at radius 3 is 2.57 bits per heavy atom. The minimum absolute atomic E-state index is 0.00296. The van der Waals surface area contributed by atoms with E-state index in [-0.39, 0.29) is 16.5 Å². The Hall–Kier alpha value is -1.58. The number of anilines is 1. The van der Waals surface area contributed by atoms with Crippen LogP contribution in [0.2, 0.25) is 0 Å². The van der Waals surface area contributed by atoms with Gasteiger partial charge in [-0.25, -0.2) is 13.1 Å². The van der Waals surface area contributed by atoms with Crippen LogP contribution >= 0.6 is 0 Å². The molecule has 1 rings (SSSR count). The van der Waals surface area contributed by atoms with Crippen LogP contribution in [-0.4, -0.2) is 14.5 Å². The zero-order chi connectivity index (χ0) is 15.9. The third kappa shape index (κ3) is 5.03. The molecule has 6 heteroatoms. The molecular weight excluding hydrogens is 286 g/mol. The second-order valence-corrected chi connectivity index (χ2v) is 6.80. The molecule has 3 N–H and O–H groups in total. The molecule has 116 valence electrons. The molecule has 0 aliphatic heterocycles. The van der Waals surface area contributed by atoms with Crippen molar-refractivity contribution in [2.75, 3.05) is 5.73 Å². The van der Waals surface area contributed by atoms with E-state index in [4.69, 9.17) is 11.0 Å². The predicted octanol–water partition coefficient (Wildman–Crippen LogP) is 2.78. The van der Waals surface area contributed by atoms with Gasteiger partial charge in [-0.05, 0) is 31.0 Å². The van der Waals surface area contributed by atoms with Gasteiger partial charge >= 0.3 is 0 Å². The van der Waals surface area contributed by atoms with Crippen molar-refractivity contribution >= 4 is 15.7 Å². The van der Waals surface area contributed by atoms with Crippen LogP contribution in [0.5, 0.6) is 0 Å². The summed E-state index contributed by atoms with van der Waals surface area (Å²) in [5, 5.41) is 9.09. The summed E-state index contributed by atoms with van der Waals surface area (Å²) in [6.45, 7) is 4.10. The van der Waals surface area contributed by atoms with Gasteiger partial charge in [-0.2, -0.15) is 5.26 Å². The number of nitrogens with two attached hydrogens (primary N) is 1. The van der Waals surface area contributed by atoms with Crippen LogP contribution in [-0.2, 0) is 10.0 Å². The fourth-order valence-electron chi connectivity index (χ4n) is 2.21. The molecule has 0 aliphatic carbocycles. The molecule has 1 atom stereocenters. The van der Waals surface area contributed by atoms with E-state index < -0.39 is 10.0 Å². The van der Waals surface area contributed by atoms with E-state index in [0.717, 1.165) is 32.1 Å². The van der Waals surface area contributed by atoms with E-state index in [2.05, 4.69) is 11.6 Å². The van der Waals surface area contributed by atoms with Gasteiger partial charge in [0.1, 0.15) is 6.07 Å². The monoisotopic (exact) mass is 309 g/mol. The highest BCUT2D eigenvalue weighted by Gasteiger charge is 2.22. The number of nitrogens with zero attached hydrogens (tertiary/aromatic N) is 1. The number of hydrogen-bond donors (Lipinski definition) is 2. The van der Waals surface area contributed by atoms with Gasteiger partial charge in [0, 0.05) is 11.7 Å². The second-order valence-electron chi connectivity index (χ2n) is 5.12. The molecule has 21 heavy (non-hydrogen) atoms. The van der Waals surface area contributed by atoms with Crippen molar-refractivity contribution in [3.05, 3.63) is 23.8 Å². The lowest BCUT2D eigenvalue weighted by Gasteiger charge is -2.18. The van der Waals surface area contributed by atoms with Crippen molar-refractivity contribution in [3.63, 3.8) is 0 Å². The average Bonchev–Trinajstić information content (AvgIpc) is 2.44. The topological polar surface area (TPSA) is 96.0 Å². The summed E-state index contributed by atoms with van der Waals surface area (Å²) in [7, 11) is -3.70. The van der Waals surface area contributed by atoms with Crippen molar-refractivity contribution in [1.82, 2.24) is 4.72 Å². The molecule has 0 fully saturated rings. The smallest absolute Gasteiger partial charge is 0.242 e. The lowest BCUT2D eigenvalue weighted by atomic mass is 10.1. The zero-order valence-electron chi connectivity index (χ0n) is 12.6. The molecule has 0 saturated heterocycles. The molecule has 0 aromatic heterocycles. The molecule has 0 spiro atoms. The number of nitrogen functional groups attached to an aromatic ring is 1. The normalized spacial score (nSPS) is 12.8. The average molecular weight is 309 g/mol. The molecule has 1 unspecified atom stereocenters. The molecule has 0 aliphatic rings. The van der Waals surface area contributed by atoms with Crippen LogP contribution in [0.4, 0.5) is 5.69 Å². The van der Waals surface area contributed by atoms with Crippen molar-refractivity contribution in [3.8, 4) is 6.07 Å². The fourth-order valence-corrected chi connectivity index (χ4v) is 3.66. The summed E-state index contributed by atoms with van der Waals surface area (Å²) < 4.78 is 27.7. The van der Waals surface area contributed by atoms with E-state index >= 15 is 0 Å². The standard InChI is InChI=1S/C15H23N3O2S/c1-3-5-7-14(6-4-2)18-21(19,20)15-9-8-13(17)10-12(15)11-16/h8-10,14,18H,3-7,17H2,1-2H3. The molecule has 1 aromatic rings. The van der Waals surface area contributed by atoms with Gasteiger partial charge in [-0.3, -0.25) is 0 Å². The molecule has 0 bridgehead atoms. The van der Waals surface area contributed by atoms with E-state index in [0.29, 0.717) is 5.69 Å². The van der Waals surface area contributed by atoms with Crippen molar-refractivity contribution in [2.24, 2.45) is 0 Å². The van der Waals surface area contributed by atoms with Gasteiger partial charge in [0.25, 0.3) is 0 Å². The highest BCUT2D eigenvalue weighted by molar-refractivity contribution is 7.89. The Labute approximate surface area is 127 Å². The number of benzene rings is 1. The zero-order valence-corrected chi connectivity index (χ0v) is 13.4. The van der Waals surface area contributed by atoms with Crippen molar-refractivity contribution in [2.45, 2.75) is 56.9 Å². The first-order chi connectivity index (χ1) is 9.94. The molecular formula is C15H23N3O2S. The number of nitrogens with one attached hydrogen (secondary N) is 1. The highest BCUT2D eigenvalue weighted by Crippen LogP contribution is 2.19. The van der Waals surface area contributed by atoms with Gasteiger partial charge in [0.05, 0.1) is 10.5 Å². The summed E-state index contributed by atoms with van der Waals surface area (Å²) in [4.78, 5) is -0.00296. The van der Waals surface area contributed by atoms with Gasteiger partial charge in [-0.15, -0.1) is 0 Å². The predicted molar refractivity (Wildman–Crippen MR) is 84.1 cm³/mol. The highest BCUT2D eigenvalue weighted by atomic mass is 32.2. The SMILES string of the molecule is CCCCC(CCC)NS(=O)(=O)c1ccc(N)cc1C#N. The van der Waals surface area contributed by atoms with E-state index in [1.807, 2.05) is 13.0 Å². The molecule has 0 amide bonds. The van der Waals surface area contributed by atoms with Gasteiger partial charge in [0.2, 0.25) is 10.0 Å². The summed E-state index contributed by atoms with van der Waals surface area (Å²) >= 11 is 0. The minimum atomic E-state index is -3.70. The van der Waals surface area contributed by atoms with Gasteiger partial charge in [0.15, 0.2) is 0 Å².